The van der Waals surface area contributed by atoms with Gasteiger partial charge in [-0.3, -0.25) is 4.90 Å². The van der Waals surface area contributed by atoms with E-state index in [1.54, 1.807) is 17.0 Å². The lowest BCUT2D eigenvalue weighted by Gasteiger charge is -2.42. The number of quaternary nitrogens is 1. The van der Waals surface area contributed by atoms with Crippen molar-refractivity contribution in [2.45, 2.75) is 70.4 Å². The molecule has 8 nitrogen and oxygen atoms in total. The molecule has 3 heterocycles. The molecule has 3 aliphatic rings. The topological polar surface area (TPSA) is 87.2 Å². The Morgan fingerprint density at radius 2 is 1.81 bits per heavy atom. The number of urea groups is 1. The van der Waals surface area contributed by atoms with Crippen LogP contribution in [0.25, 0.3) is 0 Å². The monoisotopic (exact) mass is 520 g/mol. The maximum Gasteiger partial charge on any atom is 0.426 e. The molecule has 1 aromatic rings. The van der Waals surface area contributed by atoms with Gasteiger partial charge in [0.15, 0.2) is 0 Å². The van der Waals surface area contributed by atoms with Crippen molar-refractivity contribution >= 4 is 29.6 Å². The SMILES string of the molecule is CCN(C(=O)O)[C@@H]1CN(C(=O)[N+]2(C(=O)C3CCOC(C)(C)C3)CCCCC2)C[C@H]1c1ccc(Cl)cc1. The summed E-state index contributed by atoms with van der Waals surface area (Å²) in [5, 5.41) is 10.5. The Morgan fingerprint density at radius 3 is 2.39 bits per heavy atom. The first kappa shape index (κ1) is 26.9. The van der Waals surface area contributed by atoms with Gasteiger partial charge < -0.3 is 14.7 Å². The van der Waals surface area contributed by atoms with Gasteiger partial charge in [-0.05, 0) is 70.6 Å². The third kappa shape index (κ3) is 5.27. The van der Waals surface area contributed by atoms with Crippen LogP contribution in [0, 0.1) is 5.92 Å². The first-order chi connectivity index (χ1) is 17.1. The van der Waals surface area contributed by atoms with E-state index in [0.717, 1.165) is 24.8 Å². The van der Waals surface area contributed by atoms with Crippen molar-refractivity contribution in [3.63, 3.8) is 0 Å². The molecule has 4 amide bonds. The fourth-order valence-corrected chi connectivity index (χ4v) is 6.55. The number of ether oxygens (including phenoxy) is 1. The van der Waals surface area contributed by atoms with Crippen LogP contribution < -0.4 is 0 Å². The maximum atomic E-state index is 14.3. The number of carbonyl (C=O) groups excluding carboxylic acids is 2. The molecule has 1 aromatic carbocycles. The van der Waals surface area contributed by atoms with Crippen molar-refractivity contribution in [1.29, 1.82) is 0 Å². The summed E-state index contributed by atoms with van der Waals surface area (Å²) in [6.45, 7) is 8.34. The summed E-state index contributed by atoms with van der Waals surface area (Å²) in [5.41, 5.74) is 0.560. The number of carboxylic acid groups (broad SMARTS) is 1. The van der Waals surface area contributed by atoms with Gasteiger partial charge in [0.2, 0.25) is 0 Å². The van der Waals surface area contributed by atoms with E-state index in [1.165, 1.54) is 4.90 Å². The third-order valence-corrected chi connectivity index (χ3v) is 8.51. The highest BCUT2D eigenvalue weighted by molar-refractivity contribution is 6.30. The summed E-state index contributed by atoms with van der Waals surface area (Å²) < 4.78 is 5.70. The smallest absolute Gasteiger partial charge is 0.426 e. The molecule has 3 saturated heterocycles. The molecule has 0 spiro atoms. The largest absolute Gasteiger partial charge is 0.465 e. The molecule has 4 rings (SSSR count). The summed E-state index contributed by atoms with van der Waals surface area (Å²) in [6, 6.07) is 6.84. The first-order valence-corrected chi connectivity index (χ1v) is 13.6. The fourth-order valence-electron chi connectivity index (χ4n) is 6.43. The average Bonchev–Trinajstić information content (AvgIpc) is 3.28. The summed E-state index contributed by atoms with van der Waals surface area (Å²) in [6.07, 6.45) is 2.92. The minimum atomic E-state index is -1.00. The van der Waals surface area contributed by atoms with Gasteiger partial charge in [-0.2, -0.15) is 4.48 Å². The third-order valence-electron chi connectivity index (χ3n) is 8.26. The first-order valence-electron chi connectivity index (χ1n) is 13.2. The van der Waals surface area contributed by atoms with Crippen molar-refractivity contribution in [2.24, 2.45) is 5.92 Å². The molecule has 1 unspecified atom stereocenters. The quantitative estimate of drug-likeness (QED) is 0.567. The number of rotatable bonds is 4. The number of benzene rings is 1. The van der Waals surface area contributed by atoms with E-state index < -0.39 is 6.09 Å². The molecule has 0 bridgehead atoms. The molecule has 0 saturated carbocycles. The zero-order valence-corrected chi connectivity index (χ0v) is 22.4. The molecule has 0 radical (unpaired) electrons. The number of carbonyl (C=O) groups is 3. The number of amides is 4. The van der Waals surface area contributed by atoms with Crippen LogP contribution in [0.4, 0.5) is 9.59 Å². The Bertz CT molecular complexity index is 976. The Morgan fingerprint density at radius 1 is 1.14 bits per heavy atom. The Kier molecular flexibility index (Phi) is 7.98. The number of likely N-dealkylation sites (N-methyl/N-ethyl adjacent to an activating group) is 1. The molecule has 36 heavy (non-hydrogen) atoms. The Hall–Kier alpha value is -2.16. The summed E-state index contributed by atoms with van der Waals surface area (Å²) in [4.78, 5) is 43.6. The van der Waals surface area contributed by atoms with E-state index in [4.69, 9.17) is 16.3 Å². The van der Waals surface area contributed by atoms with Gasteiger partial charge in [0.25, 0.3) is 0 Å². The number of piperidine rings is 1. The Balaban J connectivity index is 1.65. The molecule has 3 aliphatic heterocycles. The van der Waals surface area contributed by atoms with Gasteiger partial charge in [-0.15, -0.1) is 0 Å². The fraction of sp³-hybridized carbons (Fsp3) is 0.667. The van der Waals surface area contributed by atoms with Gasteiger partial charge >= 0.3 is 18.0 Å². The highest BCUT2D eigenvalue weighted by Crippen LogP contribution is 2.37. The summed E-state index contributed by atoms with van der Waals surface area (Å²) in [7, 11) is 0. The van der Waals surface area contributed by atoms with Gasteiger partial charge in [0.1, 0.15) is 0 Å². The summed E-state index contributed by atoms with van der Waals surface area (Å²) in [5.74, 6) is -0.398. The van der Waals surface area contributed by atoms with Crippen molar-refractivity contribution in [2.75, 3.05) is 39.3 Å². The van der Waals surface area contributed by atoms with E-state index in [1.807, 2.05) is 32.9 Å². The van der Waals surface area contributed by atoms with Crippen molar-refractivity contribution in [3.8, 4) is 0 Å². The lowest BCUT2D eigenvalue weighted by Crippen LogP contribution is -2.65. The normalized spacial score (nSPS) is 27.4. The lowest BCUT2D eigenvalue weighted by molar-refractivity contribution is -0.786. The number of nitrogens with zero attached hydrogens (tertiary/aromatic N) is 3. The number of hydrogen-bond acceptors (Lipinski definition) is 4. The van der Waals surface area contributed by atoms with Crippen LogP contribution in [-0.2, 0) is 9.53 Å². The molecule has 198 valence electrons. The number of imide groups is 1. The highest BCUT2D eigenvalue weighted by atomic mass is 35.5. The molecule has 3 fully saturated rings. The van der Waals surface area contributed by atoms with Crippen LogP contribution in [0.2, 0.25) is 5.02 Å². The second-order valence-corrected chi connectivity index (χ2v) is 11.5. The van der Waals surface area contributed by atoms with Crippen LogP contribution in [-0.4, -0.2) is 88.4 Å². The van der Waals surface area contributed by atoms with Crippen LogP contribution >= 0.6 is 11.6 Å². The molecule has 3 atom stereocenters. The van der Waals surface area contributed by atoms with Gasteiger partial charge in [-0.1, -0.05) is 23.7 Å². The second-order valence-electron chi connectivity index (χ2n) is 11.1. The predicted molar refractivity (Wildman–Crippen MR) is 137 cm³/mol. The maximum absolute atomic E-state index is 14.3. The van der Waals surface area contributed by atoms with E-state index in [2.05, 4.69) is 0 Å². The Labute approximate surface area is 218 Å². The number of halogens is 1. The molecule has 0 aliphatic carbocycles. The molecule has 9 heteroatoms. The average molecular weight is 521 g/mol. The highest BCUT2D eigenvalue weighted by Gasteiger charge is 2.54. The van der Waals surface area contributed by atoms with Crippen LogP contribution in [0.5, 0.6) is 0 Å². The van der Waals surface area contributed by atoms with Gasteiger partial charge in [0, 0.05) is 37.2 Å². The van der Waals surface area contributed by atoms with Crippen molar-refractivity contribution < 1.29 is 28.7 Å². The summed E-state index contributed by atoms with van der Waals surface area (Å²) >= 11 is 6.10. The van der Waals surface area contributed by atoms with Gasteiger partial charge in [0.05, 0.1) is 30.7 Å². The minimum Gasteiger partial charge on any atom is -0.465 e. The van der Waals surface area contributed by atoms with E-state index >= 15 is 0 Å². The van der Waals surface area contributed by atoms with Crippen LogP contribution in [0.15, 0.2) is 24.3 Å². The van der Waals surface area contributed by atoms with Crippen LogP contribution in [0.3, 0.4) is 0 Å². The second kappa shape index (κ2) is 10.7. The predicted octanol–water partition coefficient (Wildman–Crippen LogP) is 4.96. The molecule has 0 aromatic heterocycles. The van der Waals surface area contributed by atoms with E-state index in [-0.39, 0.29) is 46.4 Å². The van der Waals surface area contributed by atoms with E-state index in [9.17, 15) is 19.5 Å². The number of likely N-dealkylation sites (tertiary alicyclic amines) is 2. The number of hydrogen-bond donors (Lipinski definition) is 1. The molecular weight excluding hydrogens is 482 g/mol. The van der Waals surface area contributed by atoms with Crippen molar-refractivity contribution in [3.05, 3.63) is 34.9 Å². The zero-order valence-electron chi connectivity index (χ0n) is 21.6. The minimum absolute atomic E-state index is 0.00755. The zero-order chi connectivity index (χ0) is 26.1. The standard InChI is InChI=1S/C27H38ClN3O5/c1-4-30(26(34)35)23-18-29(17-22(23)19-8-10-21(28)11-9-19)25(33)31(13-6-5-7-14-31)24(32)20-12-15-36-27(2,3)16-20/h8-11,20,22-23H,4-7,12-18H2,1-3H3/p+1/t20?,22-,23+/m0/s1. The van der Waals surface area contributed by atoms with Crippen LogP contribution in [0.1, 0.15) is 64.4 Å². The molecular formula is C27H39ClN3O5+. The van der Waals surface area contributed by atoms with Crippen molar-refractivity contribution in [1.82, 2.24) is 9.80 Å². The van der Waals surface area contributed by atoms with Gasteiger partial charge in [-0.25, -0.2) is 14.4 Å². The van der Waals surface area contributed by atoms with E-state index in [0.29, 0.717) is 50.7 Å². The lowest BCUT2D eigenvalue weighted by atomic mass is 9.86. The molecule has 1 N–H and O–H groups in total.